The Bertz CT molecular complexity index is 1320. The summed E-state index contributed by atoms with van der Waals surface area (Å²) in [6.07, 6.45) is 0. The number of para-hydroxylation sites is 2. The highest BCUT2D eigenvalue weighted by Crippen LogP contribution is 2.54. The minimum atomic E-state index is 0.551. The normalized spacial score (nSPS) is 10.8. The highest BCUT2D eigenvalue weighted by atomic mass is 79.9. The summed E-state index contributed by atoms with van der Waals surface area (Å²) in [6.45, 7) is 0. The molecule has 0 unspecified atom stereocenters. The first-order valence-corrected chi connectivity index (χ1v) is 15.0. The zero-order valence-electron chi connectivity index (χ0n) is 16.7. The zero-order valence-corrected chi connectivity index (χ0v) is 27.8. The van der Waals surface area contributed by atoms with Gasteiger partial charge in [0.05, 0.1) is 31.3 Å². The van der Waals surface area contributed by atoms with Crippen LogP contribution in [0.4, 0.5) is 0 Å². The van der Waals surface area contributed by atoms with Gasteiger partial charge in [-0.1, -0.05) is 36.4 Å². The molecule has 10 heteroatoms. The lowest BCUT2D eigenvalue weighted by atomic mass is 10.3. The van der Waals surface area contributed by atoms with E-state index < -0.39 is 0 Å². The van der Waals surface area contributed by atoms with E-state index in [1.807, 2.05) is 66.7 Å². The lowest BCUT2D eigenvalue weighted by Crippen LogP contribution is -1.96. The van der Waals surface area contributed by atoms with Crippen molar-refractivity contribution in [1.82, 2.24) is 0 Å². The van der Waals surface area contributed by atoms with Crippen LogP contribution < -0.4 is 14.2 Å². The van der Waals surface area contributed by atoms with Gasteiger partial charge < -0.3 is 14.2 Å². The molecule has 0 aliphatic rings. The Morgan fingerprint density at radius 3 is 1.26 bits per heavy atom. The van der Waals surface area contributed by atoms with Crippen molar-refractivity contribution in [3.63, 3.8) is 0 Å². The van der Waals surface area contributed by atoms with Crippen LogP contribution in [-0.2, 0) is 0 Å². The summed E-state index contributed by atoms with van der Waals surface area (Å²) in [4.78, 5) is 0. The van der Waals surface area contributed by atoms with E-state index in [9.17, 15) is 0 Å². The fourth-order valence-corrected chi connectivity index (χ4v) is 6.81. The first-order valence-electron chi connectivity index (χ1n) is 9.45. The van der Waals surface area contributed by atoms with Crippen molar-refractivity contribution in [2.75, 3.05) is 0 Å². The molecule has 0 aliphatic carbocycles. The first-order chi connectivity index (χ1) is 16.3. The van der Waals surface area contributed by atoms with Crippen LogP contribution in [0.1, 0.15) is 0 Å². The molecular weight excluding hydrogens is 896 g/mol. The number of benzene rings is 4. The molecule has 0 heterocycles. The van der Waals surface area contributed by atoms with Crippen molar-refractivity contribution < 1.29 is 14.2 Å². The fourth-order valence-electron chi connectivity index (χ4n) is 2.82. The molecule has 4 aromatic carbocycles. The van der Waals surface area contributed by atoms with Gasteiger partial charge in [0, 0.05) is 6.07 Å². The molecule has 0 N–H and O–H groups in total. The van der Waals surface area contributed by atoms with Gasteiger partial charge in [-0.2, -0.15) is 0 Å². The van der Waals surface area contributed by atoms with Crippen LogP contribution in [0, 0.1) is 0 Å². The van der Waals surface area contributed by atoms with Gasteiger partial charge in [-0.15, -0.1) is 0 Å². The van der Waals surface area contributed by atoms with Crippen LogP contribution in [0.15, 0.2) is 98.0 Å². The lowest BCUT2D eigenvalue weighted by molar-refractivity contribution is 0.451. The smallest absolute Gasteiger partial charge is 0.158 e. The minimum absolute atomic E-state index is 0.551. The second-order valence-corrected chi connectivity index (χ2v) is 12.3. The molecule has 0 saturated heterocycles. The summed E-state index contributed by atoms with van der Waals surface area (Å²) in [6, 6.07) is 20.9. The maximum Gasteiger partial charge on any atom is 0.158 e. The first kappa shape index (κ1) is 26.7. The second-order valence-electron chi connectivity index (χ2n) is 6.66. The molecule has 4 rings (SSSR count). The average molecular weight is 907 g/mol. The van der Waals surface area contributed by atoms with Gasteiger partial charge in [-0.3, -0.25) is 0 Å². The molecule has 4 aromatic rings. The fraction of sp³-hybridized carbons (Fsp3) is 0. The van der Waals surface area contributed by atoms with Crippen LogP contribution in [0.3, 0.4) is 0 Å². The van der Waals surface area contributed by atoms with E-state index in [2.05, 4.69) is 112 Å². The number of hydrogen-bond acceptors (Lipinski definition) is 3. The number of rotatable bonds is 6. The second kappa shape index (κ2) is 11.8. The van der Waals surface area contributed by atoms with Crippen molar-refractivity contribution in [3.05, 3.63) is 98.0 Å². The Morgan fingerprint density at radius 1 is 0.412 bits per heavy atom. The van der Waals surface area contributed by atoms with Crippen molar-refractivity contribution in [2.24, 2.45) is 0 Å². The largest absolute Gasteiger partial charge is 0.455 e. The number of ether oxygens (including phenoxy) is 3. The zero-order chi connectivity index (χ0) is 24.4. The quantitative estimate of drug-likeness (QED) is 0.180. The van der Waals surface area contributed by atoms with E-state index in [1.165, 1.54) is 0 Å². The Kier molecular flexibility index (Phi) is 9.26. The minimum Gasteiger partial charge on any atom is -0.455 e. The molecule has 0 bridgehead atoms. The third kappa shape index (κ3) is 5.79. The molecule has 3 nitrogen and oxygen atoms in total. The molecule has 0 amide bonds. The SMILES string of the molecule is Brc1cc(Oc2c(Br)c(Br)c(Oc3ccccc3)c(Br)c2Br)c(Br)c(Br)c1Oc1ccccc1. The van der Waals surface area contributed by atoms with E-state index in [4.69, 9.17) is 14.2 Å². The average Bonchev–Trinajstić information content (AvgIpc) is 2.85. The summed E-state index contributed by atoms with van der Waals surface area (Å²) in [7, 11) is 0. The third-order valence-corrected chi connectivity index (χ3v) is 11.2. The van der Waals surface area contributed by atoms with Gasteiger partial charge >= 0.3 is 0 Å². The van der Waals surface area contributed by atoms with Gasteiger partial charge in [0.15, 0.2) is 17.2 Å². The van der Waals surface area contributed by atoms with E-state index in [1.54, 1.807) is 0 Å². The van der Waals surface area contributed by atoms with E-state index in [0.29, 0.717) is 55.6 Å². The Hall–Kier alpha value is -0.360. The molecule has 0 aromatic heterocycles. The van der Waals surface area contributed by atoms with Gasteiger partial charge in [0.25, 0.3) is 0 Å². The van der Waals surface area contributed by atoms with Crippen molar-refractivity contribution in [3.8, 4) is 34.5 Å². The van der Waals surface area contributed by atoms with Gasteiger partial charge in [0.1, 0.15) is 17.2 Å². The summed E-state index contributed by atoms with van der Waals surface area (Å²) in [5, 5.41) is 0. The maximum atomic E-state index is 6.33. The molecule has 0 saturated carbocycles. The standard InChI is InChI=1S/C24H11Br7O3/c25-14-11-15(16(26)17(27)22(14)32-12-7-3-1-4-8-12)34-24-20(30)18(28)23(19(29)21(24)31)33-13-9-5-2-6-10-13/h1-11H. The topological polar surface area (TPSA) is 27.7 Å². The van der Waals surface area contributed by atoms with E-state index in [0.717, 1.165) is 10.2 Å². The Labute approximate surface area is 255 Å². The van der Waals surface area contributed by atoms with Crippen LogP contribution in [-0.4, -0.2) is 0 Å². The van der Waals surface area contributed by atoms with Crippen LogP contribution in [0.5, 0.6) is 34.5 Å². The molecule has 0 radical (unpaired) electrons. The Balaban J connectivity index is 1.70. The number of halogens is 7. The van der Waals surface area contributed by atoms with Crippen molar-refractivity contribution >= 4 is 112 Å². The summed E-state index contributed by atoms with van der Waals surface area (Å²) in [5.74, 6) is 3.77. The Morgan fingerprint density at radius 2 is 0.794 bits per heavy atom. The highest BCUT2D eigenvalue weighted by Gasteiger charge is 2.25. The summed E-state index contributed by atoms with van der Waals surface area (Å²) >= 11 is 25.4. The molecule has 174 valence electrons. The van der Waals surface area contributed by atoms with E-state index in [-0.39, 0.29) is 0 Å². The molecule has 0 aliphatic heterocycles. The van der Waals surface area contributed by atoms with Crippen molar-refractivity contribution in [1.29, 1.82) is 0 Å². The summed E-state index contributed by atoms with van der Waals surface area (Å²) < 4.78 is 23.3. The van der Waals surface area contributed by atoms with Gasteiger partial charge in [-0.05, 0) is 136 Å². The molecule has 34 heavy (non-hydrogen) atoms. The molecule has 0 atom stereocenters. The van der Waals surface area contributed by atoms with Gasteiger partial charge in [0.2, 0.25) is 0 Å². The number of hydrogen-bond donors (Lipinski definition) is 0. The third-order valence-electron chi connectivity index (χ3n) is 4.40. The molecule has 0 fully saturated rings. The van der Waals surface area contributed by atoms with Crippen LogP contribution in [0.2, 0.25) is 0 Å². The highest BCUT2D eigenvalue weighted by molar-refractivity contribution is 9.14. The predicted octanol–water partition coefficient (Wildman–Crippen LogP) is 12.4. The monoisotopic (exact) mass is 899 g/mol. The van der Waals surface area contributed by atoms with Crippen LogP contribution in [0.25, 0.3) is 0 Å². The molecule has 0 spiro atoms. The lowest BCUT2D eigenvalue weighted by Gasteiger charge is -2.19. The van der Waals surface area contributed by atoms with E-state index >= 15 is 0 Å². The maximum absolute atomic E-state index is 6.33. The summed E-state index contributed by atoms with van der Waals surface area (Å²) in [5.41, 5.74) is 0. The van der Waals surface area contributed by atoms with Crippen molar-refractivity contribution in [2.45, 2.75) is 0 Å². The molecular formula is C24H11Br7O3. The predicted molar refractivity (Wildman–Crippen MR) is 160 cm³/mol. The van der Waals surface area contributed by atoms with Crippen LogP contribution >= 0.6 is 112 Å². The van der Waals surface area contributed by atoms with Gasteiger partial charge in [-0.25, -0.2) is 0 Å².